The van der Waals surface area contributed by atoms with Crippen LogP contribution in [-0.4, -0.2) is 25.0 Å². The average molecular weight is 399 g/mol. The Kier molecular flexibility index (Phi) is 6.05. The van der Waals surface area contributed by atoms with Gasteiger partial charge in [-0.15, -0.1) is 0 Å². The number of nitro groups is 1. The van der Waals surface area contributed by atoms with Gasteiger partial charge in [-0.3, -0.25) is 14.9 Å². The standard InChI is InChI=1S/C16H15F2N3O5S/c1-2-15(22)20-11-5-3-10(4-6-11)19-13-8-7-12(9-14(13)21(23)24)27(25,26)16(17)18/h3-9,16,19H,2H2,1H3,(H,20,22). The van der Waals surface area contributed by atoms with Gasteiger partial charge in [-0.05, 0) is 36.4 Å². The van der Waals surface area contributed by atoms with Crippen molar-refractivity contribution in [3.63, 3.8) is 0 Å². The van der Waals surface area contributed by atoms with Crippen LogP contribution in [-0.2, 0) is 14.6 Å². The van der Waals surface area contributed by atoms with Crippen LogP contribution in [0.25, 0.3) is 0 Å². The molecule has 0 unspecified atom stereocenters. The van der Waals surface area contributed by atoms with Crippen molar-refractivity contribution in [3.8, 4) is 0 Å². The molecule has 0 aliphatic carbocycles. The van der Waals surface area contributed by atoms with Crippen molar-refractivity contribution in [3.05, 3.63) is 52.6 Å². The fraction of sp³-hybridized carbons (Fsp3) is 0.188. The predicted molar refractivity (Wildman–Crippen MR) is 94.9 cm³/mol. The van der Waals surface area contributed by atoms with Gasteiger partial charge < -0.3 is 10.6 Å². The molecule has 0 fully saturated rings. The molecule has 0 saturated heterocycles. The second-order valence-corrected chi connectivity index (χ2v) is 7.26. The van der Waals surface area contributed by atoms with Crippen molar-refractivity contribution >= 4 is 38.5 Å². The molecule has 8 nitrogen and oxygen atoms in total. The number of sulfone groups is 1. The molecule has 0 radical (unpaired) electrons. The van der Waals surface area contributed by atoms with E-state index in [1.165, 1.54) is 0 Å². The number of nitrogens with one attached hydrogen (secondary N) is 2. The van der Waals surface area contributed by atoms with E-state index in [2.05, 4.69) is 10.6 Å². The van der Waals surface area contributed by atoms with Gasteiger partial charge in [0.05, 0.1) is 9.82 Å². The summed E-state index contributed by atoms with van der Waals surface area (Å²) in [5.41, 5.74) is 0.205. The van der Waals surface area contributed by atoms with E-state index < -0.39 is 31.1 Å². The summed E-state index contributed by atoms with van der Waals surface area (Å²) < 4.78 is 48.3. The molecule has 2 aromatic carbocycles. The maximum Gasteiger partial charge on any atom is 0.341 e. The van der Waals surface area contributed by atoms with E-state index >= 15 is 0 Å². The molecule has 11 heteroatoms. The molecule has 2 rings (SSSR count). The van der Waals surface area contributed by atoms with Gasteiger partial charge in [-0.1, -0.05) is 6.92 Å². The van der Waals surface area contributed by atoms with E-state index in [4.69, 9.17) is 0 Å². The minimum Gasteiger partial charge on any atom is -0.350 e. The van der Waals surface area contributed by atoms with Crippen LogP contribution < -0.4 is 10.6 Å². The fourth-order valence-electron chi connectivity index (χ4n) is 2.09. The van der Waals surface area contributed by atoms with Gasteiger partial charge >= 0.3 is 5.76 Å². The maximum absolute atomic E-state index is 12.6. The number of nitro benzene ring substituents is 1. The van der Waals surface area contributed by atoms with Crippen LogP contribution in [0.15, 0.2) is 47.4 Å². The van der Waals surface area contributed by atoms with Crippen molar-refractivity contribution in [2.24, 2.45) is 0 Å². The Morgan fingerprint density at radius 1 is 1.15 bits per heavy atom. The first kappa shape index (κ1) is 20.2. The van der Waals surface area contributed by atoms with Gasteiger partial charge in [-0.25, -0.2) is 8.42 Å². The van der Waals surface area contributed by atoms with Crippen LogP contribution in [0.1, 0.15) is 13.3 Å². The van der Waals surface area contributed by atoms with Gasteiger partial charge in [0.1, 0.15) is 5.69 Å². The highest BCUT2D eigenvalue weighted by atomic mass is 32.2. The quantitative estimate of drug-likeness (QED) is 0.542. The molecular formula is C16H15F2N3O5S. The average Bonchev–Trinajstić information content (AvgIpc) is 2.63. The molecule has 2 aromatic rings. The number of halogens is 2. The summed E-state index contributed by atoms with van der Waals surface area (Å²) in [5.74, 6) is -3.86. The maximum atomic E-state index is 12.6. The third-order valence-electron chi connectivity index (χ3n) is 3.50. The second-order valence-electron chi connectivity index (χ2n) is 5.35. The summed E-state index contributed by atoms with van der Waals surface area (Å²) in [6.07, 6.45) is 0.306. The first-order chi connectivity index (χ1) is 12.6. The van der Waals surface area contributed by atoms with Crippen LogP contribution in [0.2, 0.25) is 0 Å². The van der Waals surface area contributed by atoms with Gasteiger partial charge in [-0.2, -0.15) is 8.78 Å². The van der Waals surface area contributed by atoms with E-state index in [-0.39, 0.29) is 11.6 Å². The highest BCUT2D eigenvalue weighted by Gasteiger charge is 2.29. The van der Waals surface area contributed by atoms with Crippen LogP contribution in [0, 0.1) is 10.1 Å². The van der Waals surface area contributed by atoms with E-state index in [9.17, 15) is 32.1 Å². The minimum absolute atomic E-state index is 0.0708. The Morgan fingerprint density at radius 3 is 2.26 bits per heavy atom. The van der Waals surface area contributed by atoms with Gasteiger partial charge in [0, 0.05) is 23.9 Å². The van der Waals surface area contributed by atoms with Gasteiger partial charge in [0.25, 0.3) is 5.69 Å². The number of amides is 1. The number of rotatable bonds is 7. The highest BCUT2D eigenvalue weighted by Crippen LogP contribution is 2.32. The van der Waals surface area contributed by atoms with Crippen LogP contribution in [0.3, 0.4) is 0 Å². The summed E-state index contributed by atoms with van der Waals surface area (Å²) in [5, 5.41) is 16.6. The number of hydrogen-bond donors (Lipinski definition) is 2. The predicted octanol–water partition coefficient (Wildman–Crippen LogP) is 3.68. The van der Waals surface area contributed by atoms with Crippen LogP contribution in [0.5, 0.6) is 0 Å². The molecule has 0 aliphatic heterocycles. The molecule has 1 amide bonds. The monoisotopic (exact) mass is 399 g/mol. The lowest BCUT2D eigenvalue weighted by Crippen LogP contribution is -2.12. The molecule has 0 atom stereocenters. The Balaban J connectivity index is 2.31. The third-order valence-corrected chi connectivity index (χ3v) is 4.88. The Bertz CT molecular complexity index is 963. The van der Waals surface area contributed by atoms with Gasteiger partial charge in [0.2, 0.25) is 15.7 Å². The Morgan fingerprint density at radius 2 is 1.74 bits per heavy atom. The van der Waals surface area contributed by atoms with E-state index in [0.29, 0.717) is 23.9 Å². The zero-order valence-electron chi connectivity index (χ0n) is 14.0. The molecule has 27 heavy (non-hydrogen) atoms. The third kappa shape index (κ3) is 4.76. The summed E-state index contributed by atoms with van der Waals surface area (Å²) in [4.78, 5) is 20.8. The number of nitrogens with zero attached hydrogens (tertiary/aromatic N) is 1. The lowest BCUT2D eigenvalue weighted by atomic mass is 10.2. The highest BCUT2D eigenvalue weighted by molar-refractivity contribution is 7.91. The number of carbonyl (C=O) groups excluding carboxylic acids is 1. The van der Waals surface area contributed by atoms with Crippen LogP contribution in [0.4, 0.5) is 31.5 Å². The van der Waals surface area contributed by atoms with Crippen molar-refractivity contribution in [1.29, 1.82) is 0 Å². The number of hydrogen-bond acceptors (Lipinski definition) is 6. The number of anilines is 3. The second kappa shape index (κ2) is 8.08. The smallest absolute Gasteiger partial charge is 0.341 e. The molecule has 2 N–H and O–H groups in total. The lowest BCUT2D eigenvalue weighted by Gasteiger charge is -2.10. The zero-order chi connectivity index (χ0) is 20.2. The minimum atomic E-state index is -4.95. The molecule has 0 heterocycles. The fourth-order valence-corrected chi connectivity index (χ4v) is 2.83. The first-order valence-corrected chi connectivity index (χ1v) is 9.17. The number of benzene rings is 2. The van der Waals surface area contributed by atoms with Gasteiger partial charge in [0.15, 0.2) is 0 Å². The Labute approximate surface area is 153 Å². The molecule has 0 saturated carbocycles. The number of carbonyl (C=O) groups is 1. The molecule has 144 valence electrons. The first-order valence-electron chi connectivity index (χ1n) is 7.62. The normalized spacial score (nSPS) is 11.3. The lowest BCUT2D eigenvalue weighted by molar-refractivity contribution is -0.384. The SMILES string of the molecule is CCC(=O)Nc1ccc(Nc2ccc(S(=O)(=O)C(F)F)cc2[N+](=O)[O-])cc1. The van der Waals surface area contributed by atoms with E-state index in [1.807, 2.05) is 0 Å². The van der Waals surface area contributed by atoms with Crippen molar-refractivity contribution in [2.45, 2.75) is 24.0 Å². The summed E-state index contributed by atoms with van der Waals surface area (Å²) in [6, 6.07) is 8.71. The van der Waals surface area contributed by atoms with E-state index in [0.717, 1.165) is 12.1 Å². The largest absolute Gasteiger partial charge is 0.350 e. The summed E-state index contributed by atoms with van der Waals surface area (Å²) in [6.45, 7) is 1.70. The van der Waals surface area contributed by atoms with Crippen molar-refractivity contribution < 1.29 is 26.9 Å². The molecule has 0 aromatic heterocycles. The van der Waals surface area contributed by atoms with Crippen molar-refractivity contribution in [1.82, 2.24) is 0 Å². The zero-order valence-corrected chi connectivity index (χ0v) is 14.8. The Hall–Kier alpha value is -3.08. The van der Waals surface area contributed by atoms with E-state index in [1.54, 1.807) is 31.2 Å². The molecular weight excluding hydrogens is 384 g/mol. The topological polar surface area (TPSA) is 118 Å². The summed E-state index contributed by atoms with van der Waals surface area (Å²) in [7, 11) is -4.95. The van der Waals surface area contributed by atoms with Crippen molar-refractivity contribution in [2.75, 3.05) is 10.6 Å². The number of alkyl halides is 2. The molecule has 0 aliphatic rings. The molecule has 0 spiro atoms. The molecule has 0 bridgehead atoms. The summed E-state index contributed by atoms with van der Waals surface area (Å²) >= 11 is 0. The van der Waals surface area contributed by atoms with Crippen LogP contribution >= 0.6 is 0 Å².